The normalized spacial score (nSPS) is 17.5. The molecular formula is C20H17N3O. The van der Waals surface area contributed by atoms with Crippen molar-refractivity contribution in [3.05, 3.63) is 59.9 Å². The van der Waals surface area contributed by atoms with Crippen LogP contribution in [0.1, 0.15) is 17.4 Å². The van der Waals surface area contributed by atoms with Crippen molar-refractivity contribution >= 4 is 10.9 Å². The van der Waals surface area contributed by atoms with Gasteiger partial charge in [0.15, 0.2) is 0 Å². The van der Waals surface area contributed by atoms with Gasteiger partial charge in [-0.3, -0.25) is 4.98 Å². The van der Waals surface area contributed by atoms with E-state index in [1.807, 2.05) is 18.2 Å². The molecular weight excluding hydrogens is 298 g/mol. The van der Waals surface area contributed by atoms with E-state index in [2.05, 4.69) is 45.5 Å². The molecule has 1 saturated heterocycles. The Bertz CT molecular complexity index is 906. The fourth-order valence-corrected chi connectivity index (χ4v) is 2.98. The van der Waals surface area contributed by atoms with E-state index in [9.17, 15) is 0 Å². The number of hydrogen-bond donors (Lipinski definition) is 1. The molecule has 1 fully saturated rings. The van der Waals surface area contributed by atoms with Gasteiger partial charge in [-0.25, -0.2) is 4.98 Å². The number of rotatable bonds is 2. The van der Waals surface area contributed by atoms with Crippen LogP contribution in [0.5, 0.6) is 0 Å². The third-order valence-electron chi connectivity index (χ3n) is 4.24. The van der Waals surface area contributed by atoms with Gasteiger partial charge >= 0.3 is 0 Å². The van der Waals surface area contributed by atoms with Crippen molar-refractivity contribution in [3.63, 3.8) is 0 Å². The molecule has 2 aromatic heterocycles. The van der Waals surface area contributed by atoms with Gasteiger partial charge in [0, 0.05) is 30.2 Å². The van der Waals surface area contributed by atoms with Gasteiger partial charge in [0.05, 0.1) is 23.9 Å². The number of fused-ring (bicyclic) bond motifs is 1. The molecule has 0 spiro atoms. The topological polar surface area (TPSA) is 47.0 Å². The fourth-order valence-electron chi connectivity index (χ4n) is 2.98. The average molecular weight is 315 g/mol. The molecule has 4 rings (SSSR count). The number of pyridine rings is 2. The first kappa shape index (κ1) is 14.8. The van der Waals surface area contributed by atoms with E-state index < -0.39 is 0 Å². The smallest absolute Gasteiger partial charge is 0.123 e. The Morgan fingerprint density at radius 2 is 2.08 bits per heavy atom. The molecule has 0 aliphatic carbocycles. The fraction of sp³-hybridized carbons (Fsp3) is 0.200. The largest absolute Gasteiger partial charge is 0.371 e. The summed E-state index contributed by atoms with van der Waals surface area (Å²) in [6, 6.07) is 14.1. The van der Waals surface area contributed by atoms with Gasteiger partial charge in [-0.05, 0) is 29.7 Å². The number of ether oxygens (including phenoxy) is 1. The summed E-state index contributed by atoms with van der Waals surface area (Å²) in [6.45, 7) is 2.51. The maximum Gasteiger partial charge on any atom is 0.123 e. The van der Waals surface area contributed by atoms with E-state index in [-0.39, 0.29) is 6.10 Å². The minimum atomic E-state index is 0.111. The lowest BCUT2D eigenvalue weighted by Gasteiger charge is -2.24. The lowest BCUT2D eigenvalue weighted by molar-refractivity contribution is 0.0277. The summed E-state index contributed by atoms with van der Waals surface area (Å²) in [5.74, 6) is 2.66. The second-order valence-corrected chi connectivity index (χ2v) is 5.76. The first-order chi connectivity index (χ1) is 11.8. The van der Waals surface area contributed by atoms with Crippen molar-refractivity contribution in [1.82, 2.24) is 15.3 Å². The Labute approximate surface area is 140 Å². The van der Waals surface area contributed by atoms with Crippen molar-refractivity contribution in [2.45, 2.75) is 6.10 Å². The Kier molecular flexibility index (Phi) is 3.96. The highest BCUT2D eigenvalue weighted by molar-refractivity contribution is 5.86. The Balaban J connectivity index is 1.71. The zero-order valence-corrected chi connectivity index (χ0v) is 13.2. The Hall–Kier alpha value is -2.74. The van der Waals surface area contributed by atoms with Crippen LogP contribution >= 0.6 is 0 Å². The van der Waals surface area contributed by atoms with Crippen molar-refractivity contribution in [1.29, 1.82) is 0 Å². The number of benzene rings is 1. The highest BCUT2D eigenvalue weighted by atomic mass is 16.5. The van der Waals surface area contributed by atoms with Crippen molar-refractivity contribution < 1.29 is 4.74 Å². The van der Waals surface area contributed by atoms with Crippen LogP contribution < -0.4 is 5.32 Å². The molecule has 4 nitrogen and oxygen atoms in total. The van der Waals surface area contributed by atoms with Gasteiger partial charge in [0.2, 0.25) is 0 Å². The van der Waals surface area contributed by atoms with Gasteiger partial charge < -0.3 is 10.1 Å². The van der Waals surface area contributed by atoms with Gasteiger partial charge in [0.25, 0.3) is 0 Å². The first-order valence-electron chi connectivity index (χ1n) is 8.00. The van der Waals surface area contributed by atoms with Crippen LogP contribution in [0.3, 0.4) is 0 Å². The van der Waals surface area contributed by atoms with E-state index in [1.54, 1.807) is 6.20 Å². The highest BCUT2D eigenvalue weighted by Gasteiger charge is 2.15. The van der Waals surface area contributed by atoms with Crippen LogP contribution in [0.15, 0.2) is 48.7 Å². The number of terminal acetylenes is 1. The molecule has 1 N–H and O–H groups in total. The summed E-state index contributed by atoms with van der Waals surface area (Å²) in [5, 5.41) is 4.25. The van der Waals surface area contributed by atoms with Crippen LogP contribution in [0.4, 0.5) is 0 Å². The summed E-state index contributed by atoms with van der Waals surface area (Å²) in [5.41, 5.74) is 4.51. The predicted octanol–water partition coefficient (Wildman–Crippen LogP) is 2.94. The maximum atomic E-state index is 5.79. The minimum absolute atomic E-state index is 0.111. The van der Waals surface area contributed by atoms with Crippen molar-refractivity contribution in [2.24, 2.45) is 0 Å². The average Bonchev–Trinajstić information content (AvgIpc) is 2.68. The van der Waals surface area contributed by atoms with Gasteiger partial charge in [-0.1, -0.05) is 24.3 Å². The zero-order valence-electron chi connectivity index (χ0n) is 13.2. The van der Waals surface area contributed by atoms with E-state index >= 15 is 0 Å². The molecule has 0 bridgehead atoms. The molecule has 4 heteroatoms. The molecule has 118 valence electrons. The Morgan fingerprint density at radius 3 is 2.83 bits per heavy atom. The third-order valence-corrected chi connectivity index (χ3v) is 4.24. The van der Waals surface area contributed by atoms with E-state index in [1.165, 1.54) is 5.56 Å². The summed E-state index contributed by atoms with van der Waals surface area (Å²) in [4.78, 5) is 9.02. The van der Waals surface area contributed by atoms with Crippen LogP contribution in [0.2, 0.25) is 0 Å². The number of nitrogens with one attached hydrogen (secondary N) is 1. The second kappa shape index (κ2) is 6.40. The van der Waals surface area contributed by atoms with Crippen LogP contribution in [-0.2, 0) is 4.74 Å². The lowest BCUT2D eigenvalue weighted by atomic mass is 10.0. The highest BCUT2D eigenvalue weighted by Crippen LogP contribution is 2.26. The molecule has 0 radical (unpaired) electrons. The van der Waals surface area contributed by atoms with Crippen molar-refractivity contribution in [2.75, 3.05) is 19.7 Å². The Morgan fingerprint density at radius 1 is 1.21 bits per heavy atom. The number of hydrogen-bond acceptors (Lipinski definition) is 4. The molecule has 1 aliphatic rings. The molecule has 3 aromatic rings. The van der Waals surface area contributed by atoms with Gasteiger partial charge in [0.1, 0.15) is 5.69 Å². The molecule has 24 heavy (non-hydrogen) atoms. The monoisotopic (exact) mass is 315 g/mol. The summed E-state index contributed by atoms with van der Waals surface area (Å²) in [6.07, 6.45) is 7.50. The molecule has 1 aliphatic heterocycles. The molecule has 0 saturated carbocycles. The second-order valence-electron chi connectivity index (χ2n) is 5.76. The van der Waals surface area contributed by atoms with Crippen LogP contribution in [0.25, 0.3) is 22.2 Å². The minimum Gasteiger partial charge on any atom is -0.371 e. The van der Waals surface area contributed by atoms with E-state index in [0.717, 1.165) is 41.9 Å². The zero-order chi connectivity index (χ0) is 16.4. The van der Waals surface area contributed by atoms with Crippen LogP contribution in [0, 0.1) is 12.3 Å². The first-order valence-corrected chi connectivity index (χ1v) is 8.00. The molecule has 0 amide bonds. The quantitative estimate of drug-likeness (QED) is 0.739. The molecule has 1 aromatic carbocycles. The molecule has 1 unspecified atom stereocenters. The standard InChI is InChI=1S/C20H17N3O/c1-2-17-16-4-3-9-22-19(16)12-18(23-17)14-5-7-15(8-6-14)20-13-21-10-11-24-20/h1,3-9,12,20-21H,10-11,13H2. The van der Waals surface area contributed by atoms with Gasteiger partial charge in [-0.15, -0.1) is 6.42 Å². The lowest BCUT2D eigenvalue weighted by Crippen LogP contribution is -2.33. The summed E-state index contributed by atoms with van der Waals surface area (Å²) in [7, 11) is 0. The van der Waals surface area contributed by atoms with E-state index in [4.69, 9.17) is 11.2 Å². The van der Waals surface area contributed by atoms with Crippen molar-refractivity contribution in [3.8, 4) is 23.6 Å². The number of nitrogens with zero attached hydrogens (tertiary/aromatic N) is 2. The van der Waals surface area contributed by atoms with Gasteiger partial charge in [-0.2, -0.15) is 0 Å². The third kappa shape index (κ3) is 2.76. The molecule has 3 heterocycles. The summed E-state index contributed by atoms with van der Waals surface area (Å²) >= 11 is 0. The molecule has 1 atom stereocenters. The number of aromatic nitrogens is 2. The SMILES string of the molecule is C#Cc1nc(-c2ccc(C3CNCCO3)cc2)cc2ncccc12. The summed E-state index contributed by atoms with van der Waals surface area (Å²) < 4.78 is 5.79. The predicted molar refractivity (Wildman–Crippen MR) is 94.5 cm³/mol. The van der Waals surface area contributed by atoms with E-state index in [0.29, 0.717) is 5.69 Å². The maximum absolute atomic E-state index is 5.79. The number of morpholine rings is 1. The van der Waals surface area contributed by atoms with Crippen LogP contribution in [-0.4, -0.2) is 29.7 Å².